The lowest BCUT2D eigenvalue weighted by Crippen LogP contribution is -2.48. The molecular weight excluding hydrogens is 226 g/mol. The van der Waals surface area contributed by atoms with Crippen LogP contribution in [0.5, 0.6) is 0 Å². The van der Waals surface area contributed by atoms with Gasteiger partial charge in [0.1, 0.15) is 6.04 Å². The summed E-state index contributed by atoms with van der Waals surface area (Å²) in [6.07, 6.45) is 0.435. The first-order valence-corrected chi connectivity index (χ1v) is 5.30. The summed E-state index contributed by atoms with van der Waals surface area (Å²) in [6.45, 7) is 3.99. The van der Waals surface area contributed by atoms with Gasteiger partial charge < -0.3 is 21.5 Å². The molecule has 17 heavy (non-hydrogen) atoms. The maximum atomic E-state index is 11.4. The Morgan fingerprint density at radius 3 is 2.35 bits per heavy atom. The molecule has 0 heterocycles. The number of hydrogen-bond acceptors (Lipinski definition) is 3. The Balaban J connectivity index is 2.42. The van der Waals surface area contributed by atoms with Crippen LogP contribution in [0.15, 0.2) is 0 Å². The van der Waals surface area contributed by atoms with Crippen LogP contribution in [-0.2, 0) is 9.59 Å². The second-order valence-electron chi connectivity index (χ2n) is 4.92. The van der Waals surface area contributed by atoms with Crippen molar-refractivity contribution in [2.45, 2.75) is 38.8 Å². The summed E-state index contributed by atoms with van der Waals surface area (Å²) < 4.78 is 0. The maximum Gasteiger partial charge on any atom is 0.326 e. The number of aliphatic carboxylic acids is 1. The summed E-state index contributed by atoms with van der Waals surface area (Å²) in [5, 5.41) is 13.6. The largest absolute Gasteiger partial charge is 0.480 e. The van der Waals surface area contributed by atoms with E-state index < -0.39 is 30.4 Å². The molecule has 7 nitrogen and oxygen atoms in total. The number of carbonyl (C=O) groups is 3. The third-order valence-electron chi connectivity index (χ3n) is 2.83. The first-order valence-electron chi connectivity index (χ1n) is 5.30. The summed E-state index contributed by atoms with van der Waals surface area (Å²) in [5.74, 6) is -2.06. The lowest BCUT2D eigenvalue weighted by atomic mass is 10.2. The number of hydrogen-bond donors (Lipinski definition) is 4. The third kappa shape index (κ3) is 3.93. The van der Waals surface area contributed by atoms with E-state index in [4.69, 9.17) is 10.8 Å². The molecule has 0 aromatic rings. The van der Waals surface area contributed by atoms with Gasteiger partial charge in [0.15, 0.2) is 0 Å². The Labute approximate surface area is 98.7 Å². The first-order chi connectivity index (χ1) is 7.72. The van der Waals surface area contributed by atoms with Gasteiger partial charge in [-0.25, -0.2) is 9.59 Å². The fourth-order valence-corrected chi connectivity index (χ4v) is 1.47. The number of urea groups is 1. The van der Waals surface area contributed by atoms with Gasteiger partial charge in [0.2, 0.25) is 5.91 Å². The van der Waals surface area contributed by atoms with E-state index in [0.29, 0.717) is 0 Å². The van der Waals surface area contributed by atoms with Gasteiger partial charge in [-0.05, 0) is 11.8 Å². The Morgan fingerprint density at radius 2 is 2.00 bits per heavy atom. The molecule has 1 aliphatic rings. The third-order valence-corrected chi connectivity index (χ3v) is 2.83. The van der Waals surface area contributed by atoms with Crippen molar-refractivity contribution in [2.24, 2.45) is 11.1 Å². The molecule has 1 saturated carbocycles. The molecule has 0 saturated heterocycles. The molecule has 2 atom stereocenters. The van der Waals surface area contributed by atoms with E-state index in [1.54, 1.807) is 0 Å². The van der Waals surface area contributed by atoms with E-state index in [0.717, 1.165) is 6.42 Å². The highest BCUT2D eigenvalue weighted by Gasteiger charge is 2.46. The number of carboxylic acid groups (broad SMARTS) is 1. The Morgan fingerprint density at radius 1 is 1.47 bits per heavy atom. The highest BCUT2D eigenvalue weighted by molar-refractivity contribution is 5.87. The molecule has 0 bridgehead atoms. The average molecular weight is 243 g/mol. The maximum absolute atomic E-state index is 11.4. The number of nitrogens with two attached hydrogens (primary N) is 1. The second-order valence-corrected chi connectivity index (χ2v) is 4.92. The Kier molecular flexibility index (Phi) is 3.59. The summed E-state index contributed by atoms with van der Waals surface area (Å²) in [6, 6.07) is -1.82. The van der Waals surface area contributed by atoms with Crippen molar-refractivity contribution in [3.05, 3.63) is 0 Å². The minimum Gasteiger partial charge on any atom is -0.480 e. The molecule has 0 aliphatic heterocycles. The van der Waals surface area contributed by atoms with Crippen LogP contribution >= 0.6 is 0 Å². The molecule has 1 rings (SSSR count). The van der Waals surface area contributed by atoms with Crippen LogP contribution in [0, 0.1) is 5.41 Å². The molecule has 0 spiro atoms. The molecule has 1 aliphatic carbocycles. The van der Waals surface area contributed by atoms with Gasteiger partial charge >= 0.3 is 12.0 Å². The van der Waals surface area contributed by atoms with Crippen LogP contribution in [0.1, 0.15) is 26.7 Å². The van der Waals surface area contributed by atoms with E-state index in [1.165, 1.54) is 0 Å². The zero-order chi connectivity index (χ0) is 13.2. The van der Waals surface area contributed by atoms with E-state index in [2.05, 4.69) is 10.6 Å². The van der Waals surface area contributed by atoms with E-state index in [-0.39, 0.29) is 11.5 Å². The molecule has 0 aromatic heterocycles. The van der Waals surface area contributed by atoms with Gasteiger partial charge in [-0.3, -0.25) is 4.79 Å². The van der Waals surface area contributed by atoms with Crippen LogP contribution in [-0.4, -0.2) is 35.1 Å². The zero-order valence-corrected chi connectivity index (χ0v) is 9.82. The normalized spacial score (nSPS) is 22.4. The van der Waals surface area contributed by atoms with Crippen molar-refractivity contribution >= 4 is 17.9 Å². The molecule has 0 aromatic carbocycles. The van der Waals surface area contributed by atoms with Crippen molar-refractivity contribution in [1.82, 2.24) is 10.6 Å². The average Bonchev–Trinajstić information content (AvgIpc) is 2.71. The predicted octanol–water partition coefficient (Wildman–Crippen LogP) is -0.587. The fraction of sp³-hybridized carbons (Fsp3) is 0.700. The number of primary amides is 1. The van der Waals surface area contributed by atoms with E-state index in [1.807, 2.05) is 13.8 Å². The minimum atomic E-state index is -1.28. The molecule has 1 fully saturated rings. The number of rotatable bonds is 5. The van der Waals surface area contributed by atoms with Gasteiger partial charge in [-0.2, -0.15) is 0 Å². The quantitative estimate of drug-likeness (QED) is 0.515. The Hall–Kier alpha value is -1.79. The van der Waals surface area contributed by atoms with Gasteiger partial charge in [0.05, 0.1) is 6.42 Å². The van der Waals surface area contributed by atoms with Crippen LogP contribution < -0.4 is 16.4 Å². The van der Waals surface area contributed by atoms with Crippen molar-refractivity contribution < 1.29 is 19.5 Å². The Bertz CT molecular complexity index is 353. The minimum absolute atomic E-state index is 0.0468. The highest BCUT2D eigenvalue weighted by Crippen LogP contribution is 2.44. The summed E-state index contributed by atoms with van der Waals surface area (Å²) >= 11 is 0. The van der Waals surface area contributed by atoms with E-state index in [9.17, 15) is 14.4 Å². The van der Waals surface area contributed by atoms with Gasteiger partial charge in [0.25, 0.3) is 0 Å². The summed E-state index contributed by atoms with van der Waals surface area (Å²) in [4.78, 5) is 32.8. The number of amides is 3. The number of carboxylic acids is 1. The lowest BCUT2D eigenvalue weighted by Gasteiger charge is -2.14. The number of carbonyl (C=O) groups excluding carboxylic acids is 2. The molecule has 3 amide bonds. The lowest BCUT2D eigenvalue weighted by molar-refractivity contribution is -0.140. The topological polar surface area (TPSA) is 122 Å². The molecule has 5 N–H and O–H groups in total. The van der Waals surface area contributed by atoms with Crippen molar-refractivity contribution in [1.29, 1.82) is 0 Å². The standard InChI is InChI=1S/C10H17N3O4/c1-10(2)4-6(10)13-9(17)12-5(8(15)16)3-7(11)14/h5-6H,3-4H2,1-2H3,(H2,11,14)(H,15,16)(H2,12,13,17). The van der Waals surface area contributed by atoms with Crippen LogP contribution in [0.3, 0.4) is 0 Å². The summed E-state index contributed by atoms with van der Waals surface area (Å²) in [7, 11) is 0. The smallest absolute Gasteiger partial charge is 0.326 e. The molecular formula is C10H17N3O4. The van der Waals surface area contributed by atoms with Crippen molar-refractivity contribution in [2.75, 3.05) is 0 Å². The zero-order valence-electron chi connectivity index (χ0n) is 9.82. The molecule has 2 unspecified atom stereocenters. The number of nitrogens with one attached hydrogen (secondary N) is 2. The fourth-order valence-electron chi connectivity index (χ4n) is 1.47. The molecule has 96 valence electrons. The van der Waals surface area contributed by atoms with E-state index >= 15 is 0 Å². The molecule has 7 heteroatoms. The van der Waals surface area contributed by atoms with Gasteiger partial charge in [-0.1, -0.05) is 13.8 Å². The predicted molar refractivity (Wildman–Crippen MR) is 59.1 cm³/mol. The van der Waals surface area contributed by atoms with Crippen LogP contribution in [0.4, 0.5) is 4.79 Å². The van der Waals surface area contributed by atoms with Gasteiger partial charge in [-0.15, -0.1) is 0 Å². The highest BCUT2D eigenvalue weighted by atomic mass is 16.4. The monoisotopic (exact) mass is 243 g/mol. The van der Waals surface area contributed by atoms with Crippen LogP contribution in [0.2, 0.25) is 0 Å². The van der Waals surface area contributed by atoms with Crippen molar-refractivity contribution in [3.63, 3.8) is 0 Å². The second kappa shape index (κ2) is 4.60. The SMILES string of the molecule is CC1(C)CC1NC(=O)NC(CC(N)=O)C(=O)O. The molecule has 0 radical (unpaired) electrons. The van der Waals surface area contributed by atoms with Crippen molar-refractivity contribution in [3.8, 4) is 0 Å². The first kappa shape index (κ1) is 13.3. The van der Waals surface area contributed by atoms with Crippen LogP contribution in [0.25, 0.3) is 0 Å². The van der Waals surface area contributed by atoms with Gasteiger partial charge in [0, 0.05) is 6.04 Å². The summed E-state index contributed by atoms with van der Waals surface area (Å²) in [5.41, 5.74) is 4.94.